The normalized spacial score (nSPS) is 9.17. The van der Waals surface area contributed by atoms with Crippen molar-refractivity contribution in [2.75, 3.05) is 7.11 Å². The molecule has 3 nitrogen and oxygen atoms in total. The van der Waals surface area contributed by atoms with Gasteiger partial charge in [-0.2, -0.15) is 0 Å². The van der Waals surface area contributed by atoms with Crippen molar-refractivity contribution in [1.29, 1.82) is 0 Å². The van der Waals surface area contributed by atoms with E-state index in [1.54, 1.807) is 54.2 Å². The van der Waals surface area contributed by atoms with E-state index in [1.807, 2.05) is 0 Å². The first-order valence-corrected chi connectivity index (χ1v) is 4.41. The van der Waals surface area contributed by atoms with Gasteiger partial charge in [0.2, 0.25) is 0 Å². The summed E-state index contributed by atoms with van der Waals surface area (Å²) < 4.78 is 7.48. The number of hydrogen-bond acceptors (Lipinski definition) is 2. The third-order valence-corrected chi connectivity index (χ3v) is 1.91. The molecule has 0 spiro atoms. The summed E-state index contributed by atoms with van der Waals surface area (Å²) >= 11 is 1.80. The van der Waals surface area contributed by atoms with E-state index in [9.17, 15) is 4.79 Å². The second-order valence-corrected chi connectivity index (χ2v) is 2.69. The van der Waals surface area contributed by atoms with Gasteiger partial charge in [0.05, 0.1) is 30.0 Å². The van der Waals surface area contributed by atoms with Crippen LogP contribution < -0.4 is 8.27 Å². The lowest BCUT2D eigenvalue weighted by Gasteiger charge is -2.01. The summed E-state index contributed by atoms with van der Waals surface area (Å²) in [6, 6.07) is 6.99. The van der Waals surface area contributed by atoms with E-state index < -0.39 is 0 Å². The molecule has 1 aromatic rings. The van der Waals surface area contributed by atoms with Gasteiger partial charge in [-0.1, -0.05) is 6.07 Å². The van der Waals surface area contributed by atoms with Crippen LogP contribution in [0.15, 0.2) is 24.3 Å². The van der Waals surface area contributed by atoms with Crippen molar-refractivity contribution in [2.45, 2.75) is 0 Å². The third-order valence-electron chi connectivity index (χ3n) is 1.42. The minimum Gasteiger partial charge on any atom is -0.497 e. The molecule has 0 aliphatic rings. The summed E-state index contributed by atoms with van der Waals surface area (Å²) in [6.07, 6.45) is 0. The number of methoxy groups -OCH3 is 1. The lowest BCUT2D eigenvalue weighted by atomic mass is 10.2. The van der Waals surface area contributed by atoms with Gasteiger partial charge in [-0.15, -0.1) is 0 Å². The molecule has 0 aliphatic heterocycles. The number of ether oxygens (including phenoxy) is 1. The molecule has 0 aromatic heterocycles. The molecule has 0 fully saturated rings. The summed E-state index contributed by atoms with van der Waals surface area (Å²) in [5, 5.41) is 0. The zero-order valence-corrected chi connectivity index (χ0v) is 8.66. The van der Waals surface area contributed by atoms with E-state index in [1.165, 1.54) is 0 Å². The molecule has 64 valence electrons. The van der Waals surface area contributed by atoms with Gasteiger partial charge in [0.1, 0.15) is 5.75 Å². The molecule has 0 saturated heterocycles. The third kappa shape index (κ3) is 2.10. The van der Waals surface area contributed by atoms with E-state index in [2.05, 4.69) is 3.53 Å². The molecule has 1 rings (SSSR count). The molecular weight excluding hydrogens is 269 g/mol. The van der Waals surface area contributed by atoms with Crippen LogP contribution in [0.5, 0.6) is 5.75 Å². The van der Waals surface area contributed by atoms with Crippen LogP contribution in [0.25, 0.3) is 0 Å². The second kappa shape index (κ2) is 4.30. The van der Waals surface area contributed by atoms with Crippen LogP contribution in [0.1, 0.15) is 10.4 Å². The smallest absolute Gasteiger partial charge is 0.260 e. The molecule has 12 heavy (non-hydrogen) atoms. The first kappa shape index (κ1) is 9.31. The summed E-state index contributed by atoms with van der Waals surface area (Å²) in [5.41, 5.74) is 0.601. The van der Waals surface area contributed by atoms with Crippen molar-refractivity contribution >= 4 is 28.8 Å². The number of rotatable bonds is 2. The number of hydrogen-bond donors (Lipinski definition) is 1. The van der Waals surface area contributed by atoms with Crippen molar-refractivity contribution in [2.24, 2.45) is 0 Å². The Morgan fingerprint density at radius 1 is 1.58 bits per heavy atom. The molecule has 4 heteroatoms. The molecule has 0 saturated carbocycles. The topological polar surface area (TPSA) is 38.3 Å². The number of benzene rings is 1. The van der Waals surface area contributed by atoms with Crippen molar-refractivity contribution in [3.63, 3.8) is 0 Å². The zero-order chi connectivity index (χ0) is 8.97. The largest absolute Gasteiger partial charge is 0.497 e. The minimum absolute atomic E-state index is 0.116. The van der Waals surface area contributed by atoms with Gasteiger partial charge in [-0.3, -0.25) is 8.32 Å². The Balaban J connectivity index is 2.93. The number of nitrogens with one attached hydrogen (secondary N) is 1. The van der Waals surface area contributed by atoms with Gasteiger partial charge in [0.25, 0.3) is 5.91 Å². The van der Waals surface area contributed by atoms with Crippen molar-refractivity contribution in [1.82, 2.24) is 3.53 Å². The maximum absolute atomic E-state index is 11.1. The Labute approximate surface area is 84.6 Å². The van der Waals surface area contributed by atoms with Crippen molar-refractivity contribution in [3.8, 4) is 5.75 Å². The van der Waals surface area contributed by atoms with E-state index >= 15 is 0 Å². The quantitative estimate of drug-likeness (QED) is 0.661. The summed E-state index contributed by atoms with van der Waals surface area (Å²) in [5.74, 6) is 0.571. The van der Waals surface area contributed by atoms with E-state index in [0.717, 1.165) is 0 Å². The minimum atomic E-state index is -0.116. The van der Waals surface area contributed by atoms with Crippen LogP contribution in [0.4, 0.5) is 0 Å². The Hall–Kier alpha value is -0.780. The highest BCUT2D eigenvalue weighted by Crippen LogP contribution is 2.12. The van der Waals surface area contributed by atoms with E-state index in [-0.39, 0.29) is 5.91 Å². The van der Waals surface area contributed by atoms with Crippen LogP contribution in [0, 0.1) is 0 Å². The van der Waals surface area contributed by atoms with Crippen LogP contribution in [-0.4, -0.2) is 13.0 Å². The number of halogens is 1. The maximum atomic E-state index is 11.1. The monoisotopic (exact) mass is 277 g/mol. The predicted octanol–water partition coefficient (Wildman–Crippen LogP) is 1.77. The van der Waals surface area contributed by atoms with Gasteiger partial charge >= 0.3 is 0 Å². The number of carbonyl (C=O) groups excluding carboxylic acids is 1. The number of amides is 1. The Morgan fingerprint density at radius 2 is 2.33 bits per heavy atom. The van der Waals surface area contributed by atoms with E-state index in [4.69, 9.17) is 4.74 Å². The highest BCUT2D eigenvalue weighted by atomic mass is 127. The highest BCUT2D eigenvalue weighted by Gasteiger charge is 2.03. The first-order chi connectivity index (χ1) is 5.77. The molecule has 1 N–H and O–H groups in total. The molecule has 1 amide bonds. The Kier molecular flexibility index (Phi) is 3.33. The Bertz CT molecular complexity index is 288. The van der Waals surface area contributed by atoms with Gasteiger partial charge < -0.3 is 4.74 Å². The van der Waals surface area contributed by atoms with Crippen LogP contribution in [0.3, 0.4) is 0 Å². The van der Waals surface area contributed by atoms with E-state index in [0.29, 0.717) is 11.3 Å². The Morgan fingerprint density at radius 3 is 2.92 bits per heavy atom. The molecule has 0 heterocycles. The van der Waals surface area contributed by atoms with Crippen molar-refractivity contribution in [3.05, 3.63) is 29.8 Å². The zero-order valence-electron chi connectivity index (χ0n) is 6.50. The molecule has 0 atom stereocenters. The predicted molar refractivity (Wildman–Crippen MR) is 54.5 cm³/mol. The second-order valence-electron chi connectivity index (χ2n) is 2.16. The standard InChI is InChI=1S/C8H8INO2/c1-12-7-4-2-3-6(5-7)8(11)10-9/h2-5H,1H3,(H,10,11). The fraction of sp³-hybridized carbons (Fsp3) is 0.125. The summed E-state index contributed by atoms with van der Waals surface area (Å²) in [4.78, 5) is 11.1. The summed E-state index contributed by atoms with van der Waals surface area (Å²) in [6.45, 7) is 0. The van der Waals surface area contributed by atoms with Crippen molar-refractivity contribution < 1.29 is 9.53 Å². The fourth-order valence-electron chi connectivity index (χ4n) is 0.819. The average Bonchev–Trinajstić information content (AvgIpc) is 2.17. The molecule has 0 aliphatic carbocycles. The molecule has 0 unspecified atom stereocenters. The SMILES string of the molecule is COc1cccc(C(=O)NI)c1. The lowest BCUT2D eigenvalue weighted by Crippen LogP contribution is -2.11. The first-order valence-electron chi connectivity index (χ1n) is 3.33. The number of carbonyl (C=O) groups is 1. The highest BCUT2D eigenvalue weighted by molar-refractivity contribution is 14.1. The van der Waals surface area contributed by atoms with Gasteiger partial charge in [-0.25, -0.2) is 0 Å². The van der Waals surface area contributed by atoms with Gasteiger partial charge in [0, 0.05) is 5.56 Å². The molecule has 0 bridgehead atoms. The molecular formula is C8H8INO2. The van der Waals surface area contributed by atoms with Gasteiger partial charge in [-0.05, 0) is 18.2 Å². The van der Waals surface area contributed by atoms with Gasteiger partial charge in [0.15, 0.2) is 0 Å². The molecule has 0 radical (unpaired) electrons. The lowest BCUT2D eigenvalue weighted by molar-refractivity contribution is 0.0989. The van der Waals surface area contributed by atoms with Crippen LogP contribution in [0.2, 0.25) is 0 Å². The summed E-state index contributed by atoms with van der Waals surface area (Å²) in [7, 11) is 1.57. The van der Waals surface area contributed by atoms with Crippen LogP contribution >= 0.6 is 22.9 Å². The van der Waals surface area contributed by atoms with Crippen LogP contribution in [-0.2, 0) is 0 Å². The maximum Gasteiger partial charge on any atom is 0.260 e. The average molecular weight is 277 g/mol. The molecule has 1 aromatic carbocycles. The fourth-order valence-corrected chi connectivity index (χ4v) is 1.13.